The fourth-order valence-corrected chi connectivity index (χ4v) is 2.56. The van der Waals surface area contributed by atoms with Gasteiger partial charge in [-0.3, -0.25) is 9.80 Å². The second kappa shape index (κ2) is 6.73. The van der Waals surface area contributed by atoms with Crippen LogP contribution in [0.2, 0.25) is 0 Å². The molecule has 1 saturated heterocycles. The van der Waals surface area contributed by atoms with E-state index in [4.69, 9.17) is 10.9 Å². The summed E-state index contributed by atoms with van der Waals surface area (Å²) in [7, 11) is 0. The van der Waals surface area contributed by atoms with Crippen LogP contribution < -0.4 is 0 Å². The molecule has 0 saturated carbocycles. The number of aromatic nitrogens is 2. The lowest BCUT2D eigenvalue weighted by molar-refractivity contribution is 0.126. The minimum absolute atomic E-state index is 0.654. The molecule has 1 fully saturated rings. The summed E-state index contributed by atoms with van der Waals surface area (Å²) in [5.74, 6) is 4.02. The Hall–Kier alpha value is -2.16. The van der Waals surface area contributed by atoms with Crippen molar-refractivity contribution in [1.29, 1.82) is 0 Å². The summed E-state index contributed by atoms with van der Waals surface area (Å²) in [5, 5.41) is 4.08. The third-order valence-electron chi connectivity index (χ3n) is 3.92. The highest BCUT2D eigenvalue weighted by Gasteiger charge is 2.18. The van der Waals surface area contributed by atoms with E-state index < -0.39 is 0 Å². The molecule has 3 rings (SSSR count). The second-order valence-electron chi connectivity index (χ2n) is 5.63. The number of benzene rings is 1. The molecule has 0 amide bonds. The van der Waals surface area contributed by atoms with E-state index in [9.17, 15) is 0 Å². The minimum Gasteiger partial charge on any atom is -0.338 e. The van der Waals surface area contributed by atoms with E-state index in [0.29, 0.717) is 18.3 Å². The molecule has 2 heterocycles. The average molecular weight is 296 g/mol. The van der Waals surface area contributed by atoms with Crippen LogP contribution in [-0.2, 0) is 6.54 Å². The van der Waals surface area contributed by atoms with Gasteiger partial charge < -0.3 is 4.52 Å². The van der Waals surface area contributed by atoms with E-state index in [1.54, 1.807) is 0 Å². The van der Waals surface area contributed by atoms with Crippen LogP contribution in [0, 0.1) is 19.3 Å². The van der Waals surface area contributed by atoms with Gasteiger partial charge in [-0.25, -0.2) is 0 Å². The Labute approximate surface area is 130 Å². The van der Waals surface area contributed by atoms with Crippen LogP contribution in [0.1, 0.15) is 11.5 Å². The Morgan fingerprint density at radius 2 is 1.82 bits per heavy atom. The van der Waals surface area contributed by atoms with Crippen molar-refractivity contribution in [3.8, 4) is 23.7 Å². The van der Waals surface area contributed by atoms with Crippen molar-refractivity contribution in [2.45, 2.75) is 13.5 Å². The Kier molecular flexibility index (Phi) is 4.52. The van der Waals surface area contributed by atoms with E-state index in [-0.39, 0.29) is 0 Å². The normalized spacial score (nSPS) is 16.5. The van der Waals surface area contributed by atoms with Gasteiger partial charge >= 0.3 is 0 Å². The Morgan fingerprint density at radius 3 is 2.50 bits per heavy atom. The minimum atomic E-state index is 0.654. The summed E-state index contributed by atoms with van der Waals surface area (Å²) in [6.07, 6.45) is 5.35. The smallest absolute Gasteiger partial charge is 0.241 e. The predicted molar refractivity (Wildman–Crippen MR) is 85.0 cm³/mol. The standard InChI is InChI=1S/C17H20N4O/c1-3-8-20-9-11-21(12-10-20)13-16-18-17(19-22-16)15-6-4-14(2)5-7-15/h1,4-7H,8-13H2,2H3. The van der Waals surface area contributed by atoms with E-state index in [0.717, 1.165) is 38.3 Å². The quantitative estimate of drug-likeness (QED) is 0.805. The molecular weight excluding hydrogens is 276 g/mol. The number of nitrogens with zero attached hydrogens (tertiary/aromatic N) is 4. The zero-order chi connectivity index (χ0) is 15.4. The monoisotopic (exact) mass is 296 g/mol. The predicted octanol–water partition coefficient (Wildman–Crippen LogP) is 1.80. The van der Waals surface area contributed by atoms with Crippen LogP contribution in [0.4, 0.5) is 0 Å². The van der Waals surface area contributed by atoms with Crippen LogP contribution in [-0.4, -0.2) is 52.7 Å². The first-order valence-corrected chi connectivity index (χ1v) is 7.52. The molecule has 22 heavy (non-hydrogen) atoms. The van der Waals surface area contributed by atoms with Crippen molar-refractivity contribution in [3.05, 3.63) is 35.7 Å². The molecule has 5 heteroatoms. The van der Waals surface area contributed by atoms with Gasteiger partial charge in [0.05, 0.1) is 13.1 Å². The lowest BCUT2D eigenvalue weighted by Crippen LogP contribution is -2.45. The molecule has 0 radical (unpaired) electrons. The zero-order valence-electron chi connectivity index (χ0n) is 12.8. The van der Waals surface area contributed by atoms with Crippen LogP contribution in [0.15, 0.2) is 28.8 Å². The van der Waals surface area contributed by atoms with Crippen LogP contribution in [0.5, 0.6) is 0 Å². The van der Waals surface area contributed by atoms with Crippen molar-refractivity contribution in [2.24, 2.45) is 0 Å². The third-order valence-corrected chi connectivity index (χ3v) is 3.92. The molecule has 0 unspecified atom stereocenters. The average Bonchev–Trinajstić information content (AvgIpc) is 2.99. The highest BCUT2D eigenvalue weighted by Crippen LogP contribution is 2.17. The molecule has 114 valence electrons. The van der Waals surface area contributed by atoms with Gasteiger partial charge in [0.1, 0.15) is 0 Å². The first-order chi connectivity index (χ1) is 10.7. The summed E-state index contributed by atoms with van der Waals surface area (Å²) in [4.78, 5) is 9.09. The maximum absolute atomic E-state index is 5.38. The van der Waals surface area contributed by atoms with Crippen molar-refractivity contribution < 1.29 is 4.52 Å². The SMILES string of the molecule is C#CCN1CCN(Cc2nc(-c3ccc(C)cc3)no2)CC1. The summed E-state index contributed by atoms with van der Waals surface area (Å²) < 4.78 is 5.38. The molecule has 0 atom stereocenters. The number of piperazine rings is 1. The Morgan fingerprint density at radius 1 is 1.14 bits per heavy atom. The summed E-state index contributed by atoms with van der Waals surface area (Å²) in [5.41, 5.74) is 2.21. The third kappa shape index (κ3) is 3.53. The molecule has 0 N–H and O–H groups in total. The summed E-state index contributed by atoms with van der Waals surface area (Å²) in [6.45, 7) is 7.42. The lowest BCUT2D eigenvalue weighted by Gasteiger charge is -2.32. The molecule has 2 aromatic rings. The van der Waals surface area contributed by atoms with Crippen molar-refractivity contribution in [3.63, 3.8) is 0 Å². The maximum atomic E-state index is 5.38. The highest BCUT2D eigenvalue weighted by molar-refractivity contribution is 5.54. The van der Waals surface area contributed by atoms with Gasteiger partial charge in [0.25, 0.3) is 0 Å². The number of aryl methyl sites for hydroxylation is 1. The topological polar surface area (TPSA) is 45.4 Å². The maximum Gasteiger partial charge on any atom is 0.241 e. The Balaban J connectivity index is 1.58. The van der Waals surface area contributed by atoms with E-state index in [1.165, 1.54) is 5.56 Å². The number of hydrogen-bond donors (Lipinski definition) is 0. The molecule has 1 aromatic heterocycles. The second-order valence-corrected chi connectivity index (χ2v) is 5.63. The molecular formula is C17H20N4O. The molecule has 0 spiro atoms. The van der Waals surface area contributed by atoms with Gasteiger partial charge in [-0.15, -0.1) is 6.42 Å². The van der Waals surface area contributed by atoms with Gasteiger partial charge in [-0.05, 0) is 6.92 Å². The highest BCUT2D eigenvalue weighted by atomic mass is 16.5. The van der Waals surface area contributed by atoms with Gasteiger partial charge in [-0.1, -0.05) is 40.9 Å². The van der Waals surface area contributed by atoms with Gasteiger partial charge in [0, 0.05) is 31.7 Å². The summed E-state index contributed by atoms with van der Waals surface area (Å²) >= 11 is 0. The first-order valence-electron chi connectivity index (χ1n) is 7.52. The molecule has 1 aromatic carbocycles. The van der Waals surface area contributed by atoms with Crippen LogP contribution >= 0.6 is 0 Å². The fraction of sp³-hybridized carbons (Fsp3) is 0.412. The number of terminal acetylenes is 1. The van der Waals surface area contributed by atoms with Gasteiger partial charge in [0.15, 0.2) is 0 Å². The van der Waals surface area contributed by atoms with Crippen LogP contribution in [0.25, 0.3) is 11.4 Å². The van der Waals surface area contributed by atoms with E-state index >= 15 is 0 Å². The van der Waals surface area contributed by atoms with Gasteiger partial charge in [0.2, 0.25) is 11.7 Å². The summed E-state index contributed by atoms with van der Waals surface area (Å²) in [6, 6.07) is 8.14. The molecule has 1 aliphatic rings. The van der Waals surface area contributed by atoms with E-state index in [1.807, 2.05) is 12.1 Å². The van der Waals surface area contributed by atoms with Crippen LogP contribution in [0.3, 0.4) is 0 Å². The van der Waals surface area contributed by atoms with Crippen molar-refractivity contribution in [1.82, 2.24) is 19.9 Å². The van der Waals surface area contributed by atoms with Gasteiger partial charge in [-0.2, -0.15) is 4.98 Å². The van der Waals surface area contributed by atoms with E-state index in [2.05, 4.69) is 44.9 Å². The Bertz CT molecular complexity index is 648. The fourth-order valence-electron chi connectivity index (χ4n) is 2.56. The van der Waals surface area contributed by atoms with Crippen molar-refractivity contribution in [2.75, 3.05) is 32.7 Å². The molecule has 1 aliphatic heterocycles. The largest absolute Gasteiger partial charge is 0.338 e. The molecule has 5 nitrogen and oxygen atoms in total. The first kappa shape index (κ1) is 14.8. The van der Waals surface area contributed by atoms with Crippen molar-refractivity contribution >= 4 is 0 Å². The number of hydrogen-bond acceptors (Lipinski definition) is 5. The molecule has 0 aliphatic carbocycles. The lowest BCUT2D eigenvalue weighted by atomic mass is 10.1. The molecule has 0 bridgehead atoms. The number of rotatable bonds is 4. The zero-order valence-corrected chi connectivity index (χ0v) is 12.8.